The number of nitrogens with one attached hydrogen (secondary N) is 1. The highest BCUT2D eigenvalue weighted by Gasteiger charge is 2.31. The van der Waals surface area contributed by atoms with Gasteiger partial charge in [-0.05, 0) is 36.4 Å². The quantitative estimate of drug-likeness (QED) is 0.925. The fraction of sp³-hybridized carbons (Fsp3) is 0.0714. The monoisotopic (exact) mass is 342 g/mol. The van der Waals surface area contributed by atoms with Crippen LogP contribution in [-0.4, -0.2) is 14.8 Å². The maximum Gasteiger partial charge on any atom is 0.573 e. The lowest BCUT2D eigenvalue weighted by Gasteiger charge is -2.11. The van der Waals surface area contributed by atoms with E-state index in [-0.39, 0.29) is 16.1 Å². The molecule has 2 rings (SSSR count). The molecule has 0 saturated heterocycles. The van der Waals surface area contributed by atoms with Crippen molar-refractivity contribution in [3.05, 3.63) is 54.1 Å². The Morgan fingerprint density at radius 2 is 1.65 bits per heavy atom. The number of alkyl halides is 3. The van der Waals surface area contributed by atoms with Gasteiger partial charge in [-0.1, -0.05) is 12.1 Å². The molecule has 120 valence electrons. The summed E-state index contributed by atoms with van der Waals surface area (Å²) in [5.74, 6) is -0.533. The maximum atomic E-state index is 12.2. The summed E-state index contributed by atoms with van der Waals surface area (Å²) in [6, 6.07) is 11.5. The van der Waals surface area contributed by atoms with E-state index in [1.165, 1.54) is 12.1 Å². The minimum absolute atomic E-state index is 0.0746. The van der Waals surface area contributed by atoms with Crippen LogP contribution in [0.1, 0.15) is 5.56 Å². The average molecular weight is 342 g/mol. The normalized spacial score (nSPS) is 11.6. The summed E-state index contributed by atoms with van der Waals surface area (Å²) < 4.78 is 66.4. The number of ether oxygens (including phenoxy) is 1. The molecule has 1 N–H and O–H groups in total. The van der Waals surface area contributed by atoms with Crippen LogP contribution in [0.2, 0.25) is 0 Å². The van der Waals surface area contributed by atoms with Crippen LogP contribution >= 0.6 is 0 Å². The van der Waals surface area contributed by atoms with Gasteiger partial charge >= 0.3 is 6.36 Å². The number of rotatable bonds is 4. The molecule has 0 radical (unpaired) electrons. The molecule has 5 nitrogen and oxygen atoms in total. The fourth-order valence-electron chi connectivity index (χ4n) is 1.69. The second-order valence-corrected chi connectivity index (χ2v) is 5.96. The van der Waals surface area contributed by atoms with Gasteiger partial charge in [-0.25, -0.2) is 8.42 Å². The number of hydrogen-bond donors (Lipinski definition) is 1. The zero-order chi connectivity index (χ0) is 17.1. The van der Waals surface area contributed by atoms with Crippen molar-refractivity contribution in [2.24, 2.45) is 0 Å². The zero-order valence-corrected chi connectivity index (χ0v) is 12.1. The predicted molar refractivity (Wildman–Crippen MR) is 75.1 cm³/mol. The van der Waals surface area contributed by atoms with Crippen molar-refractivity contribution in [3.63, 3.8) is 0 Å². The van der Waals surface area contributed by atoms with Crippen LogP contribution in [0.4, 0.5) is 18.9 Å². The van der Waals surface area contributed by atoms with Crippen molar-refractivity contribution in [2.45, 2.75) is 11.3 Å². The number of hydrogen-bond acceptors (Lipinski definition) is 4. The van der Waals surface area contributed by atoms with Gasteiger partial charge in [-0.3, -0.25) is 4.72 Å². The Bertz CT molecular complexity index is 841. The lowest BCUT2D eigenvalue weighted by atomic mass is 10.2. The first kappa shape index (κ1) is 16.6. The lowest BCUT2D eigenvalue weighted by molar-refractivity contribution is -0.274. The van der Waals surface area contributed by atoms with Gasteiger partial charge in [0.1, 0.15) is 11.8 Å². The third kappa shape index (κ3) is 4.37. The Hall–Kier alpha value is -2.73. The van der Waals surface area contributed by atoms with Gasteiger partial charge in [0, 0.05) is 0 Å². The van der Waals surface area contributed by atoms with E-state index in [4.69, 9.17) is 5.26 Å². The number of benzene rings is 2. The molecule has 0 fully saturated rings. The van der Waals surface area contributed by atoms with Crippen LogP contribution in [0.3, 0.4) is 0 Å². The van der Waals surface area contributed by atoms with Crippen LogP contribution in [0.5, 0.6) is 5.75 Å². The number of para-hydroxylation sites is 1. The summed E-state index contributed by atoms with van der Waals surface area (Å²) in [4.78, 5) is -0.264. The van der Waals surface area contributed by atoms with Crippen LogP contribution in [0.25, 0.3) is 0 Å². The molecule has 2 aromatic rings. The van der Waals surface area contributed by atoms with Crippen LogP contribution in [-0.2, 0) is 10.0 Å². The smallest absolute Gasteiger partial charge is 0.406 e. The topological polar surface area (TPSA) is 79.2 Å². The zero-order valence-electron chi connectivity index (χ0n) is 11.3. The van der Waals surface area contributed by atoms with Gasteiger partial charge in [-0.15, -0.1) is 13.2 Å². The van der Waals surface area contributed by atoms with Gasteiger partial charge in [0.25, 0.3) is 10.0 Å². The molecule has 9 heteroatoms. The number of halogens is 3. The molecule has 0 aliphatic heterocycles. The molecular formula is C14H9F3N2O3S. The van der Waals surface area contributed by atoms with E-state index in [1.807, 2.05) is 6.07 Å². The number of anilines is 1. The molecule has 0 aliphatic rings. The van der Waals surface area contributed by atoms with Crippen molar-refractivity contribution in [1.82, 2.24) is 0 Å². The highest BCUT2D eigenvalue weighted by molar-refractivity contribution is 7.92. The first-order valence-corrected chi connectivity index (χ1v) is 7.57. The van der Waals surface area contributed by atoms with Gasteiger partial charge in [0.2, 0.25) is 0 Å². The second-order valence-electron chi connectivity index (χ2n) is 4.28. The number of sulfonamides is 1. The third-order valence-corrected chi connectivity index (χ3v) is 4.04. The Kier molecular flexibility index (Phi) is 4.47. The molecule has 0 aromatic heterocycles. The highest BCUT2D eigenvalue weighted by atomic mass is 32.2. The fourth-order valence-corrected chi connectivity index (χ4v) is 2.77. The van der Waals surface area contributed by atoms with Crippen molar-refractivity contribution in [3.8, 4) is 11.8 Å². The van der Waals surface area contributed by atoms with Crippen LogP contribution in [0, 0.1) is 11.3 Å². The Morgan fingerprint density at radius 3 is 2.22 bits per heavy atom. The molecule has 0 amide bonds. The maximum absolute atomic E-state index is 12.2. The number of nitrogens with zero attached hydrogens (tertiary/aromatic N) is 1. The van der Waals surface area contributed by atoms with Gasteiger partial charge in [0.05, 0.1) is 16.1 Å². The van der Waals surface area contributed by atoms with Gasteiger partial charge < -0.3 is 4.74 Å². The standard InChI is InChI=1S/C14H9F3N2O3S/c15-14(16,17)22-11-5-7-12(8-6-11)23(20,21)19-13-4-2-1-3-10(13)9-18/h1-8,19H. The largest absolute Gasteiger partial charge is 0.573 e. The third-order valence-electron chi connectivity index (χ3n) is 2.66. The highest BCUT2D eigenvalue weighted by Crippen LogP contribution is 2.25. The minimum Gasteiger partial charge on any atom is -0.406 e. The summed E-state index contributed by atoms with van der Waals surface area (Å²) >= 11 is 0. The molecule has 2 aromatic carbocycles. The van der Waals surface area contributed by atoms with E-state index >= 15 is 0 Å². The van der Waals surface area contributed by atoms with Crippen molar-refractivity contribution in [1.29, 1.82) is 5.26 Å². The molecule has 0 aliphatic carbocycles. The second kappa shape index (κ2) is 6.18. The predicted octanol–water partition coefficient (Wildman–Crippen LogP) is 3.26. The first-order chi connectivity index (χ1) is 10.7. The molecule has 0 bridgehead atoms. The van der Waals surface area contributed by atoms with E-state index in [2.05, 4.69) is 9.46 Å². The SMILES string of the molecule is N#Cc1ccccc1NS(=O)(=O)c1ccc(OC(F)(F)F)cc1. The summed E-state index contributed by atoms with van der Waals surface area (Å²) in [6.07, 6.45) is -4.86. The summed E-state index contributed by atoms with van der Waals surface area (Å²) in [5.41, 5.74) is 0.193. The van der Waals surface area contributed by atoms with E-state index < -0.39 is 22.1 Å². The lowest BCUT2D eigenvalue weighted by Crippen LogP contribution is -2.17. The molecule has 0 heterocycles. The molecule has 0 unspecified atom stereocenters. The van der Waals surface area contributed by atoms with Crippen molar-refractivity contribution >= 4 is 15.7 Å². The average Bonchev–Trinajstić information content (AvgIpc) is 2.46. The van der Waals surface area contributed by atoms with E-state index in [9.17, 15) is 21.6 Å². The summed E-state index contributed by atoms with van der Waals surface area (Å²) in [6.45, 7) is 0. The van der Waals surface area contributed by atoms with Crippen molar-refractivity contribution in [2.75, 3.05) is 4.72 Å². The Balaban J connectivity index is 2.25. The minimum atomic E-state index is -4.86. The Labute approximate surface area is 130 Å². The number of nitriles is 1. The molecule has 0 atom stereocenters. The van der Waals surface area contributed by atoms with E-state index in [0.717, 1.165) is 24.3 Å². The van der Waals surface area contributed by atoms with E-state index in [1.54, 1.807) is 12.1 Å². The van der Waals surface area contributed by atoms with Gasteiger partial charge in [-0.2, -0.15) is 5.26 Å². The van der Waals surface area contributed by atoms with Crippen LogP contribution in [0.15, 0.2) is 53.4 Å². The van der Waals surface area contributed by atoms with Crippen LogP contribution < -0.4 is 9.46 Å². The van der Waals surface area contributed by atoms with E-state index in [0.29, 0.717) is 0 Å². The van der Waals surface area contributed by atoms with Crippen molar-refractivity contribution < 1.29 is 26.3 Å². The summed E-state index contributed by atoms with van der Waals surface area (Å²) in [7, 11) is -4.04. The summed E-state index contributed by atoms with van der Waals surface area (Å²) in [5, 5.41) is 8.92. The Morgan fingerprint density at radius 1 is 1.04 bits per heavy atom. The molecular weight excluding hydrogens is 333 g/mol. The van der Waals surface area contributed by atoms with Gasteiger partial charge in [0.15, 0.2) is 0 Å². The molecule has 0 spiro atoms. The molecule has 0 saturated carbocycles. The first-order valence-electron chi connectivity index (χ1n) is 6.09. The molecule has 23 heavy (non-hydrogen) atoms.